The van der Waals surface area contributed by atoms with Gasteiger partial charge in [0.1, 0.15) is 6.61 Å². The van der Waals surface area contributed by atoms with Crippen LogP contribution in [0.2, 0.25) is 0 Å². The number of esters is 1. The summed E-state index contributed by atoms with van der Waals surface area (Å²) >= 11 is 0. The predicted octanol–water partition coefficient (Wildman–Crippen LogP) is 2.95. The molecule has 0 spiro atoms. The normalized spacial score (nSPS) is 17.0. The van der Waals surface area contributed by atoms with Crippen LogP contribution in [0.3, 0.4) is 0 Å². The van der Waals surface area contributed by atoms with Gasteiger partial charge < -0.3 is 14.2 Å². The number of hydrogen-bond acceptors (Lipinski definition) is 5. The van der Waals surface area contributed by atoms with Gasteiger partial charge in [0.25, 0.3) is 0 Å². The third-order valence-electron chi connectivity index (χ3n) is 3.77. The summed E-state index contributed by atoms with van der Waals surface area (Å²) in [6, 6.07) is 14.2. The summed E-state index contributed by atoms with van der Waals surface area (Å²) in [5, 5.41) is 0. The first-order valence-corrected chi connectivity index (χ1v) is 7.74. The summed E-state index contributed by atoms with van der Waals surface area (Å²) in [6.07, 6.45) is -1.77. The van der Waals surface area contributed by atoms with Crippen LogP contribution in [0, 0.1) is 6.92 Å². The number of carbonyl (C=O) groups excluding carboxylic acids is 2. The summed E-state index contributed by atoms with van der Waals surface area (Å²) in [4.78, 5) is 24.6. The van der Waals surface area contributed by atoms with E-state index in [1.165, 1.54) is 0 Å². The number of para-hydroxylation sites is 2. The molecule has 2 aromatic carbocycles. The minimum atomic E-state index is -0.888. The van der Waals surface area contributed by atoms with Crippen LogP contribution in [0.15, 0.2) is 48.5 Å². The van der Waals surface area contributed by atoms with Crippen molar-refractivity contribution in [3.05, 3.63) is 59.7 Å². The van der Waals surface area contributed by atoms with Crippen LogP contribution in [-0.2, 0) is 9.53 Å². The largest absolute Gasteiger partial charge is 0.485 e. The maximum absolute atomic E-state index is 12.3. The minimum absolute atomic E-state index is 0.0568. The number of aryl methyl sites for hydroxylation is 1. The second-order valence-corrected chi connectivity index (χ2v) is 5.67. The van der Waals surface area contributed by atoms with E-state index in [1.807, 2.05) is 25.1 Å². The summed E-state index contributed by atoms with van der Waals surface area (Å²) in [7, 11) is 0. The minimum Gasteiger partial charge on any atom is -0.485 e. The van der Waals surface area contributed by atoms with Crippen molar-refractivity contribution >= 4 is 11.8 Å². The zero-order valence-corrected chi connectivity index (χ0v) is 13.5. The quantitative estimate of drug-likeness (QED) is 0.638. The fourth-order valence-corrected chi connectivity index (χ4v) is 2.39. The molecule has 0 N–H and O–H groups in total. The number of rotatable bonds is 4. The Labute approximate surface area is 140 Å². The van der Waals surface area contributed by atoms with Crippen molar-refractivity contribution in [2.24, 2.45) is 0 Å². The monoisotopic (exact) mass is 326 g/mol. The Morgan fingerprint density at radius 3 is 2.46 bits per heavy atom. The standard InChI is InChI=1S/C19H18O5/c1-12-7-9-14(10-8-12)18(20)13(2)23-19(21)17-11-22-15-5-3-4-6-16(15)24-17/h3-10,13,17H,11H2,1-2H3/t13-,17+/m1/s1. The lowest BCUT2D eigenvalue weighted by atomic mass is 10.1. The number of hydrogen-bond donors (Lipinski definition) is 0. The number of carbonyl (C=O) groups is 2. The maximum Gasteiger partial charge on any atom is 0.351 e. The lowest BCUT2D eigenvalue weighted by Crippen LogP contribution is -2.40. The molecule has 5 heteroatoms. The topological polar surface area (TPSA) is 61.8 Å². The lowest BCUT2D eigenvalue weighted by molar-refractivity contribution is -0.157. The molecule has 3 rings (SSSR count). The Kier molecular flexibility index (Phi) is 4.51. The van der Waals surface area contributed by atoms with Crippen molar-refractivity contribution in [2.75, 3.05) is 6.61 Å². The molecule has 0 fully saturated rings. The molecule has 2 aromatic rings. The van der Waals surface area contributed by atoms with E-state index in [1.54, 1.807) is 37.3 Å². The highest BCUT2D eigenvalue weighted by molar-refractivity contribution is 6.00. The first kappa shape index (κ1) is 16.1. The molecule has 124 valence electrons. The Balaban J connectivity index is 1.62. The van der Waals surface area contributed by atoms with Crippen LogP contribution in [0.5, 0.6) is 11.5 Å². The molecule has 2 atom stereocenters. The molecule has 0 aliphatic carbocycles. The second kappa shape index (κ2) is 6.74. The van der Waals surface area contributed by atoms with Crippen LogP contribution in [0.1, 0.15) is 22.8 Å². The summed E-state index contributed by atoms with van der Waals surface area (Å²) in [6.45, 7) is 3.55. The number of fused-ring (bicyclic) bond motifs is 1. The summed E-state index contributed by atoms with van der Waals surface area (Å²) < 4.78 is 16.3. The Morgan fingerprint density at radius 2 is 1.75 bits per heavy atom. The molecule has 0 saturated carbocycles. The fourth-order valence-electron chi connectivity index (χ4n) is 2.39. The van der Waals surface area contributed by atoms with Gasteiger partial charge in [-0.1, -0.05) is 42.0 Å². The average molecular weight is 326 g/mol. The highest BCUT2D eigenvalue weighted by Gasteiger charge is 2.31. The molecule has 1 aliphatic heterocycles. The third-order valence-corrected chi connectivity index (χ3v) is 3.77. The fraction of sp³-hybridized carbons (Fsp3) is 0.263. The van der Waals surface area contributed by atoms with Crippen LogP contribution < -0.4 is 9.47 Å². The highest BCUT2D eigenvalue weighted by Crippen LogP contribution is 2.31. The molecular formula is C19H18O5. The third kappa shape index (κ3) is 3.40. The van der Waals surface area contributed by atoms with E-state index in [0.717, 1.165) is 5.56 Å². The van der Waals surface area contributed by atoms with E-state index in [2.05, 4.69) is 0 Å². The number of benzene rings is 2. The van der Waals surface area contributed by atoms with Crippen LogP contribution in [0.4, 0.5) is 0 Å². The lowest BCUT2D eigenvalue weighted by Gasteiger charge is -2.25. The molecule has 0 bridgehead atoms. The van der Waals surface area contributed by atoms with E-state index < -0.39 is 18.2 Å². The van der Waals surface area contributed by atoms with Crippen molar-refractivity contribution in [3.8, 4) is 11.5 Å². The first-order chi connectivity index (χ1) is 11.5. The zero-order valence-electron chi connectivity index (χ0n) is 13.5. The van der Waals surface area contributed by atoms with Crippen molar-refractivity contribution in [3.63, 3.8) is 0 Å². The van der Waals surface area contributed by atoms with Gasteiger partial charge in [0.15, 0.2) is 17.6 Å². The van der Waals surface area contributed by atoms with Crippen LogP contribution in [0.25, 0.3) is 0 Å². The maximum atomic E-state index is 12.3. The molecule has 5 nitrogen and oxygen atoms in total. The SMILES string of the molecule is Cc1ccc(C(=O)[C@@H](C)OC(=O)[C@@H]2COc3ccccc3O2)cc1. The van der Waals surface area contributed by atoms with Gasteiger partial charge in [-0.2, -0.15) is 0 Å². The Morgan fingerprint density at radius 1 is 1.08 bits per heavy atom. The molecule has 0 radical (unpaired) electrons. The van der Waals surface area contributed by atoms with Crippen molar-refractivity contribution in [1.29, 1.82) is 0 Å². The first-order valence-electron chi connectivity index (χ1n) is 7.74. The molecule has 0 aromatic heterocycles. The van der Waals surface area contributed by atoms with Crippen molar-refractivity contribution < 1.29 is 23.8 Å². The summed E-state index contributed by atoms with van der Waals surface area (Å²) in [5.41, 5.74) is 1.56. The Bertz CT molecular complexity index is 751. The number of ketones is 1. The molecule has 1 heterocycles. The molecule has 0 amide bonds. The molecule has 24 heavy (non-hydrogen) atoms. The average Bonchev–Trinajstić information content (AvgIpc) is 2.61. The zero-order chi connectivity index (χ0) is 17.1. The van der Waals surface area contributed by atoms with E-state index in [-0.39, 0.29) is 12.4 Å². The van der Waals surface area contributed by atoms with Gasteiger partial charge in [-0.05, 0) is 26.0 Å². The number of ether oxygens (including phenoxy) is 3. The van der Waals surface area contributed by atoms with E-state index in [0.29, 0.717) is 17.1 Å². The molecule has 0 saturated heterocycles. The molecular weight excluding hydrogens is 308 g/mol. The summed E-state index contributed by atoms with van der Waals surface area (Å²) in [5.74, 6) is 0.214. The Hall–Kier alpha value is -2.82. The van der Waals surface area contributed by atoms with Gasteiger partial charge in [0, 0.05) is 5.56 Å². The van der Waals surface area contributed by atoms with Crippen LogP contribution in [-0.4, -0.2) is 30.6 Å². The smallest absolute Gasteiger partial charge is 0.351 e. The van der Waals surface area contributed by atoms with Crippen LogP contribution >= 0.6 is 0 Å². The van der Waals surface area contributed by atoms with Gasteiger partial charge in [0.05, 0.1) is 0 Å². The van der Waals surface area contributed by atoms with Crippen molar-refractivity contribution in [2.45, 2.75) is 26.1 Å². The molecule has 0 unspecified atom stereocenters. The highest BCUT2D eigenvalue weighted by atomic mass is 16.6. The van der Waals surface area contributed by atoms with Gasteiger partial charge in [-0.25, -0.2) is 4.79 Å². The predicted molar refractivity (Wildman–Crippen MR) is 87.4 cm³/mol. The number of Topliss-reactive ketones (excluding diaryl/α,β-unsaturated/α-hetero) is 1. The van der Waals surface area contributed by atoms with Gasteiger partial charge in [0.2, 0.25) is 11.9 Å². The van der Waals surface area contributed by atoms with E-state index >= 15 is 0 Å². The van der Waals surface area contributed by atoms with E-state index in [9.17, 15) is 9.59 Å². The van der Waals surface area contributed by atoms with Crippen molar-refractivity contribution in [1.82, 2.24) is 0 Å². The van der Waals surface area contributed by atoms with Gasteiger partial charge in [-0.3, -0.25) is 4.79 Å². The molecule has 1 aliphatic rings. The second-order valence-electron chi connectivity index (χ2n) is 5.67. The van der Waals surface area contributed by atoms with E-state index in [4.69, 9.17) is 14.2 Å². The van der Waals surface area contributed by atoms with Gasteiger partial charge in [-0.15, -0.1) is 0 Å². The van der Waals surface area contributed by atoms with Gasteiger partial charge >= 0.3 is 5.97 Å².